The van der Waals surface area contributed by atoms with Gasteiger partial charge in [0.2, 0.25) is 0 Å². The number of aryl methyl sites for hydroxylation is 3. The molecule has 0 N–H and O–H groups in total. The van der Waals surface area contributed by atoms with Gasteiger partial charge in [-0.1, -0.05) is 11.6 Å². The molecule has 1 atom stereocenters. The topological polar surface area (TPSA) is 56.0 Å². The maximum absolute atomic E-state index is 12.1. The van der Waals surface area contributed by atoms with Crippen LogP contribution in [0.1, 0.15) is 35.8 Å². The van der Waals surface area contributed by atoms with Crippen LogP contribution < -0.4 is 10.5 Å². The number of anilines is 1. The molecule has 2 aromatic heterocycles. The highest BCUT2D eigenvalue weighted by Crippen LogP contribution is 2.40. The van der Waals surface area contributed by atoms with Gasteiger partial charge in [0, 0.05) is 31.9 Å². The van der Waals surface area contributed by atoms with E-state index in [2.05, 4.69) is 22.0 Å². The van der Waals surface area contributed by atoms with Crippen molar-refractivity contribution in [3.63, 3.8) is 0 Å². The van der Waals surface area contributed by atoms with E-state index in [0.717, 1.165) is 36.5 Å². The third-order valence-corrected chi connectivity index (χ3v) is 4.88. The highest BCUT2D eigenvalue weighted by Gasteiger charge is 2.32. The molecule has 0 saturated carbocycles. The van der Waals surface area contributed by atoms with Crippen LogP contribution in [0.2, 0.25) is 5.02 Å². The van der Waals surface area contributed by atoms with E-state index in [-0.39, 0.29) is 16.6 Å². The van der Waals surface area contributed by atoms with Crippen LogP contribution in [0.4, 0.5) is 5.69 Å². The van der Waals surface area contributed by atoms with Gasteiger partial charge in [0.25, 0.3) is 5.56 Å². The van der Waals surface area contributed by atoms with Crippen LogP contribution in [-0.2, 0) is 14.1 Å². The highest BCUT2D eigenvalue weighted by molar-refractivity contribution is 6.33. The number of nitrogens with zero attached hydrogens (tertiary/aromatic N) is 5. The van der Waals surface area contributed by atoms with Gasteiger partial charge in [0.05, 0.1) is 23.6 Å². The molecule has 0 amide bonds. The average molecular weight is 322 g/mol. The van der Waals surface area contributed by atoms with E-state index in [0.29, 0.717) is 0 Å². The van der Waals surface area contributed by atoms with Crippen molar-refractivity contribution in [3.8, 4) is 0 Å². The molecule has 0 aliphatic carbocycles. The van der Waals surface area contributed by atoms with Crippen LogP contribution in [0.25, 0.3) is 0 Å². The van der Waals surface area contributed by atoms with Gasteiger partial charge in [-0.3, -0.25) is 9.48 Å². The fourth-order valence-electron chi connectivity index (χ4n) is 3.33. The third-order valence-electron chi connectivity index (χ3n) is 4.52. The smallest absolute Gasteiger partial charge is 0.287 e. The summed E-state index contributed by atoms with van der Waals surface area (Å²) in [6.07, 6.45) is 3.77. The summed E-state index contributed by atoms with van der Waals surface area (Å²) in [5, 5.41) is 8.87. The molecular weight excluding hydrogens is 302 g/mol. The van der Waals surface area contributed by atoms with Crippen molar-refractivity contribution in [2.45, 2.75) is 32.7 Å². The lowest BCUT2D eigenvalue weighted by molar-refractivity contribution is 0.678. The molecule has 0 bridgehead atoms. The fraction of sp³-hybridized carbons (Fsp3) is 0.533. The molecule has 1 fully saturated rings. The summed E-state index contributed by atoms with van der Waals surface area (Å²) < 4.78 is 3.17. The van der Waals surface area contributed by atoms with Gasteiger partial charge in [0.1, 0.15) is 5.02 Å². The zero-order valence-electron chi connectivity index (χ0n) is 13.3. The quantitative estimate of drug-likeness (QED) is 0.850. The van der Waals surface area contributed by atoms with E-state index >= 15 is 0 Å². The molecule has 118 valence electrons. The monoisotopic (exact) mass is 321 g/mol. The molecule has 3 rings (SSSR count). The SMILES string of the molecule is Cc1nn(C)c(C)c1C1CCCN1c1cnn(C)c(=O)c1Cl. The van der Waals surface area contributed by atoms with E-state index in [1.807, 2.05) is 18.7 Å². The molecule has 1 saturated heterocycles. The molecule has 3 heterocycles. The third kappa shape index (κ3) is 2.22. The minimum absolute atomic E-state index is 0.195. The molecule has 1 aliphatic heterocycles. The Hall–Kier alpha value is -1.82. The molecule has 7 heteroatoms. The normalized spacial score (nSPS) is 18.2. The largest absolute Gasteiger partial charge is 0.362 e. The predicted octanol–water partition coefficient (Wildman–Crippen LogP) is 2.13. The minimum atomic E-state index is -0.260. The summed E-state index contributed by atoms with van der Waals surface area (Å²) in [6.45, 7) is 4.98. The Labute approximate surface area is 134 Å². The lowest BCUT2D eigenvalue weighted by atomic mass is 10.0. The van der Waals surface area contributed by atoms with Crippen molar-refractivity contribution in [2.24, 2.45) is 14.1 Å². The Bertz CT molecular complexity index is 779. The number of aromatic nitrogens is 4. The van der Waals surface area contributed by atoms with Crippen LogP contribution in [0.3, 0.4) is 0 Å². The second-order valence-electron chi connectivity index (χ2n) is 5.83. The Morgan fingerprint density at radius 3 is 2.64 bits per heavy atom. The van der Waals surface area contributed by atoms with Crippen molar-refractivity contribution in [1.82, 2.24) is 19.6 Å². The Morgan fingerprint density at radius 2 is 2.00 bits per heavy atom. The van der Waals surface area contributed by atoms with Gasteiger partial charge in [-0.15, -0.1) is 0 Å². The fourth-order valence-corrected chi connectivity index (χ4v) is 3.61. The number of rotatable bonds is 2. The van der Waals surface area contributed by atoms with Crippen molar-refractivity contribution in [2.75, 3.05) is 11.4 Å². The summed E-state index contributed by atoms with van der Waals surface area (Å²) in [5.74, 6) is 0. The maximum atomic E-state index is 12.1. The van der Waals surface area contributed by atoms with E-state index < -0.39 is 0 Å². The first kappa shape index (κ1) is 15.1. The Morgan fingerprint density at radius 1 is 1.27 bits per heavy atom. The van der Waals surface area contributed by atoms with Gasteiger partial charge in [0.15, 0.2) is 0 Å². The molecule has 1 unspecified atom stereocenters. The zero-order valence-corrected chi connectivity index (χ0v) is 14.1. The summed E-state index contributed by atoms with van der Waals surface area (Å²) >= 11 is 6.28. The van der Waals surface area contributed by atoms with Crippen molar-refractivity contribution < 1.29 is 0 Å². The molecular formula is C15H20ClN5O. The summed E-state index contributed by atoms with van der Waals surface area (Å²) in [7, 11) is 3.56. The van der Waals surface area contributed by atoms with Crippen LogP contribution >= 0.6 is 11.6 Å². The number of hydrogen-bond donors (Lipinski definition) is 0. The average Bonchev–Trinajstić information content (AvgIpc) is 3.02. The predicted molar refractivity (Wildman–Crippen MR) is 86.5 cm³/mol. The van der Waals surface area contributed by atoms with Crippen LogP contribution in [0.15, 0.2) is 11.0 Å². The zero-order chi connectivity index (χ0) is 16.0. The first-order chi connectivity index (χ1) is 10.4. The van der Waals surface area contributed by atoms with E-state index in [4.69, 9.17) is 11.6 Å². The minimum Gasteiger partial charge on any atom is -0.362 e. The second-order valence-corrected chi connectivity index (χ2v) is 6.21. The first-order valence-electron chi connectivity index (χ1n) is 7.40. The number of hydrogen-bond acceptors (Lipinski definition) is 4. The standard InChI is InChI=1S/C15H20ClN5O/c1-9-13(10(2)19(3)18-9)11-6-5-7-21(11)12-8-17-20(4)15(22)14(12)16/h8,11H,5-7H2,1-4H3. The second kappa shape index (κ2) is 5.43. The van der Waals surface area contributed by atoms with Gasteiger partial charge in [-0.25, -0.2) is 4.68 Å². The summed E-state index contributed by atoms with van der Waals surface area (Å²) in [4.78, 5) is 14.2. The molecule has 22 heavy (non-hydrogen) atoms. The van der Waals surface area contributed by atoms with E-state index in [9.17, 15) is 4.79 Å². The van der Waals surface area contributed by atoms with Crippen LogP contribution in [0.5, 0.6) is 0 Å². The maximum Gasteiger partial charge on any atom is 0.287 e. The molecule has 0 aromatic carbocycles. The lowest BCUT2D eigenvalue weighted by Gasteiger charge is -2.27. The first-order valence-corrected chi connectivity index (χ1v) is 7.78. The molecule has 2 aromatic rings. The van der Waals surface area contributed by atoms with Crippen molar-refractivity contribution in [3.05, 3.63) is 38.5 Å². The van der Waals surface area contributed by atoms with Crippen molar-refractivity contribution in [1.29, 1.82) is 0 Å². The van der Waals surface area contributed by atoms with E-state index in [1.165, 1.54) is 10.2 Å². The Balaban J connectivity index is 2.08. The van der Waals surface area contributed by atoms with Gasteiger partial charge in [-0.05, 0) is 26.7 Å². The molecule has 0 radical (unpaired) electrons. The Kier molecular flexibility index (Phi) is 3.72. The molecule has 6 nitrogen and oxygen atoms in total. The van der Waals surface area contributed by atoms with Gasteiger partial charge < -0.3 is 4.90 Å². The van der Waals surface area contributed by atoms with Crippen LogP contribution in [-0.4, -0.2) is 26.1 Å². The summed E-state index contributed by atoms with van der Waals surface area (Å²) in [6, 6.07) is 0.195. The number of halogens is 1. The van der Waals surface area contributed by atoms with Crippen molar-refractivity contribution >= 4 is 17.3 Å². The van der Waals surface area contributed by atoms with E-state index in [1.54, 1.807) is 13.2 Å². The van der Waals surface area contributed by atoms with Gasteiger partial charge >= 0.3 is 0 Å². The summed E-state index contributed by atoms with van der Waals surface area (Å²) in [5.41, 5.74) is 3.88. The van der Waals surface area contributed by atoms with Gasteiger partial charge in [-0.2, -0.15) is 10.2 Å². The van der Waals surface area contributed by atoms with Crippen LogP contribution in [0, 0.1) is 13.8 Å². The lowest BCUT2D eigenvalue weighted by Crippen LogP contribution is -2.28. The molecule has 0 spiro atoms. The molecule has 1 aliphatic rings. The highest BCUT2D eigenvalue weighted by atomic mass is 35.5.